The largest absolute Gasteiger partial charge is 0.490 e. The maximum Gasteiger partial charge on any atom is 0.490 e. The molecule has 0 spiro atoms. The number of carbonyl (C=O) groups excluding carboxylic acids is 1. The standard InChI is InChI=1S/C18H22F2N8O.C2HF3O2/c1-27-10-13(15(25-27)16(19)20)24-17(29)14-6-5-12-9-22-18(26-28(12)14)23-11-4-2-3-7-21-8-11;3-2(4,5)1(6)7/h5-6,9-11,16,21H,2-4,7-8H2,1H3,(H,23,26)(H,24,29);(H,6,7). The number of aromatic nitrogens is 5. The highest BCUT2D eigenvalue weighted by molar-refractivity contribution is 6.04. The van der Waals surface area contributed by atoms with Crippen LogP contribution >= 0.6 is 0 Å². The van der Waals surface area contributed by atoms with Crippen LogP contribution in [-0.2, 0) is 11.8 Å². The Morgan fingerprint density at radius 2 is 1.94 bits per heavy atom. The summed E-state index contributed by atoms with van der Waals surface area (Å²) in [6.07, 6.45) is -1.66. The molecule has 3 aromatic rings. The van der Waals surface area contributed by atoms with E-state index in [1.165, 1.54) is 22.4 Å². The Morgan fingerprint density at radius 1 is 1.22 bits per heavy atom. The van der Waals surface area contributed by atoms with Crippen LogP contribution in [0.2, 0.25) is 0 Å². The predicted octanol–water partition coefficient (Wildman–Crippen LogP) is 2.84. The van der Waals surface area contributed by atoms with E-state index in [1.807, 2.05) is 0 Å². The third-order valence-corrected chi connectivity index (χ3v) is 5.07. The molecule has 1 unspecified atom stereocenters. The number of fused-ring (bicyclic) bond motifs is 1. The second-order valence-electron chi connectivity index (χ2n) is 7.84. The van der Waals surface area contributed by atoms with Gasteiger partial charge in [0.05, 0.1) is 17.4 Å². The zero-order chi connectivity index (χ0) is 26.5. The summed E-state index contributed by atoms with van der Waals surface area (Å²) >= 11 is 0. The van der Waals surface area contributed by atoms with Crippen LogP contribution in [0.15, 0.2) is 24.5 Å². The molecule has 4 heterocycles. The van der Waals surface area contributed by atoms with Gasteiger partial charge in [-0.05, 0) is 31.5 Å². The Balaban J connectivity index is 0.000000454. The smallest absolute Gasteiger partial charge is 0.475 e. The average molecular weight is 518 g/mol. The minimum atomic E-state index is -5.08. The van der Waals surface area contributed by atoms with Gasteiger partial charge in [0, 0.05) is 25.8 Å². The fourth-order valence-corrected chi connectivity index (χ4v) is 3.41. The number of halogens is 5. The number of amides is 1. The van der Waals surface area contributed by atoms with Gasteiger partial charge in [-0.2, -0.15) is 18.3 Å². The summed E-state index contributed by atoms with van der Waals surface area (Å²) in [4.78, 5) is 25.9. The fourth-order valence-electron chi connectivity index (χ4n) is 3.41. The lowest BCUT2D eigenvalue weighted by Crippen LogP contribution is -2.31. The van der Waals surface area contributed by atoms with Gasteiger partial charge in [-0.1, -0.05) is 6.42 Å². The molecular formula is C20H23F5N8O3. The summed E-state index contributed by atoms with van der Waals surface area (Å²) in [6, 6.07) is 3.48. The van der Waals surface area contributed by atoms with Crippen LogP contribution in [0.1, 0.15) is 41.9 Å². The summed E-state index contributed by atoms with van der Waals surface area (Å²) < 4.78 is 60.7. The lowest BCUT2D eigenvalue weighted by atomic mass is 10.1. The van der Waals surface area contributed by atoms with E-state index in [9.17, 15) is 26.7 Å². The topological polar surface area (TPSA) is 138 Å². The number of aryl methyl sites for hydroxylation is 1. The van der Waals surface area contributed by atoms with E-state index in [1.54, 1.807) is 18.3 Å². The van der Waals surface area contributed by atoms with Crippen molar-refractivity contribution in [3.8, 4) is 0 Å². The van der Waals surface area contributed by atoms with Crippen molar-refractivity contribution in [2.45, 2.75) is 37.9 Å². The second kappa shape index (κ2) is 11.3. The van der Waals surface area contributed by atoms with Crippen LogP contribution in [0.3, 0.4) is 0 Å². The summed E-state index contributed by atoms with van der Waals surface area (Å²) in [7, 11) is 1.52. The van der Waals surface area contributed by atoms with Gasteiger partial charge in [0.2, 0.25) is 5.95 Å². The van der Waals surface area contributed by atoms with Gasteiger partial charge in [-0.15, -0.1) is 5.10 Å². The number of aliphatic carboxylic acids is 1. The first-order valence-corrected chi connectivity index (χ1v) is 10.7. The molecule has 1 aliphatic heterocycles. The summed E-state index contributed by atoms with van der Waals surface area (Å²) in [5.41, 5.74) is 0.340. The lowest BCUT2D eigenvalue weighted by Gasteiger charge is -2.16. The summed E-state index contributed by atoms with van der Waals surface area (Å²) in [5.74, 6) is -2.90. The van der Waals surface area contributed by atoms with E-state index in [2.05, 4.69) is 31.1 Å². The first-order valence-electron chi connectivity index (χ1n) is 10.7. The molecule has 0 saturated carbocycles. The molecule has 16 heteroatoms. The Morgan fingerprint density at radius 3 is 2.61 bits per heavy atom. The highest BCUT2D eigenvalue weighted by Gasteiger charge is 2.38. The number of nitrogens with zero attached hydrogens (tertiary/aromatic N) is 5. The molecule has 1 amide bonds. The number of hydrogen-bond donors (Lipinski definition) is 4. The SMILES string of the molecule is Cn1cc(NC(=O)c2ccc3cnc(NC4CCCCNC4)nn23)c(C(F)F)n1.O=C(O)C(F)(F)F. The second-order valence-corrected chi connectivity index (χ2v) is 7.84. The van der Waals surface area contributed by atoms with Crippen molar-refractivity contribution in [3.63, 3.8) is 0 Å². The number of hydrogen-bond acceptors (Lipinski definition) is 7. The number of nitrogens with one attached hydrogen (secondary N) is 3. The minimum absolute atomic E-state index is 0.0283. The predicted molar refractivity (Wildman–Crippen MR) is 117 cm³/mol. The van der Waals surface area contributed by atoms with Gasteiger partial charge in [-0.3, -0.25) is 9.48 Å². The van der Waals surface area contributed by atoms with Gasteiger partial charge in [0.25, 0.3) is 12.3 Å². The highest BCUT2D eigenvalue weighted by atomic mass is 19.4. The number of carbonyl (C=O) groups is 2. The van der Waals surface area contributed by atoms with Crippen LogP contribution < -0.4 is 16.0 Å². The Hall–Kier alpha value is -3.82. The quantitative estimate of drug-likeness (QED) is 0.379. The van der Waals surface area contributed by atoms with Crippen molar-refractivity contribution in [2.75, 3.05) is 23.7 Å². The third-order valence-electron chi connectivity index (χ3n) is 5.07. The normalized spacial score (nSPS) is 16.2. The van der Waals surface area contributed by atoms with Gasteiger partial charge in [0.15, 0.2) is 5.69 Å². The maximum absolute atomic E-state index is 13.1. The van der Waals surface area contributed by atoms with Crippen molar-refractivity contribution in [3.05, 3.63) is 35.9 Å². The number of anilines is 2. The van der Waals surface area contributed by atoms with E-state index in [0.717, 1.165) is 32.4 Å². The molecule has 1 saturated heterocycles. The molecule has 1 fully saturated rings. The van der Waals surface area contributed by atoms with E-state index in [4.69, 9.17) is 9.90 Å². The molecule has 1 atom stereocenters. The number of rotatable bonds is 5. The zero-order valence-corrected chi connectivity index (χ0v) is 18.9. The molecule has 4 N–H and O–H groups in total. The zero-order valence-electron chi connectivity index (χ0n) is 18.9. The fraction of sp³-hybridized carbons (Fsp3) is 0.450. The monoisotopic (exact) mass is 518 g/mol. The van der Waals surface area contributed by atoms with Crippen LogP contribution in [0.5, 0.6) is 0 Å². The molecule has 1 aliphatic rings. The molecule has 0 radical (unpaired) electrons. The molecule has 0 aliphatic carbocycles. The van der Waals surface area contributed by atoms with Crippen LogP contribution in [0.25, 0.3) is 5.52 Å². The summed E-state index contributed by atoms with van der Waals surface area (Å²) in [6.45, 7) is 1.81. The van der Waals surface area contributed by atoms with Crippen LogP contribution in [0, 0.1) is 0 Å². The molecule has 0 bridgehead atoms. The number of alkyl halides is 5. The van der Waals surface area contributed by atoms with Crippen molar-refractivity contribution < 1.29 is 36.6 Å². The lowest BCUT2D eigenvalue weighted by molar-refractivity contribution is -0.192. The minimum Gasteiger partial charge on any atom is -0.475 e. The molecule has 0 aromatic carbocycles. The maximum atomic E-state index is 13.1. The molecule has 3 aromatic heterocycles. The first kappa shape index (κ1) is 26.8. The number of carboxylic acids is 1. The third kappa shape index (κ3) is 6.87. The van der Waals surface area contributed by atoms with Gasteiger partial charge >= 0.3 is 12.1 Å². The average Bonchev–Trinajstić information content (AvgIpc) is 3.28. The van der Waals surface area contributed by atoms with Crippen molar-refractivity contribution in [2.24, 2.45) is 7.05 Å². The number of carboxylic acid groups (broad SMARTS) is 1. The van der Waals surface area contributed by atoms with E-state index < -0.39 is 30.2 Å². The van der Waals surface area contributed by atoms with E-state index in [0.29, 0.717) is 11.5 Å². The Kier molecular flexibility index (Phi) is 8.39. The van der Waals surface area contributed by atoms with E-state index >= 15 is 0 Å². The van der Waals surface area contributed by atoms with E-state index in [-0.39, 0.29) is 17.4 Å². The van der Waals surface area contributed by atoms with Crippen molar-refractivity contribution in [1.82, 2.24) is 29.7 Å². The van der Waals surface area contributed by atoms with Crippen LogP contribution in [-0.4, -0.2) is 66.7 Å². The highest BCUT2D eigenvalue weighted by Crippen LogP contribution is 2.25. The van der Waals surface area contributed by atoms with Gasteiger partial charge < -0.3 is 21.1 Å². The molecule has 4 rings (SSSR count). The first-order chi connectivity index (χ1) is 17.0. The summed E-state index contributed by atoms with van der Waals surface area (Å²) in [5, 5.41) is 24.4. The van der Waals surface area contributed by atoms with Gasteiger partial charge in [-0.25, -0.2) is 23.1 Å². The molecular weight excluding hydrogens is 495 g/mol. The molecule has 36 heavy (non-hydrogen) atoms. The Labute approximate surface area is 200 Å². The Bertz CT molecular complexity index is 1200. The van der Waals surface area contributed by atoms with Crippen molar-refractivity contribution in [1.29, 1.82) is 0 Å². The van der Waals surface area contributed by atoms with Crippen LogP contribution in [0.4, 0.5) is 33.6 Å². The molecule has 11 nitrogen and oxygen atoms in total. The molecule has 196 valence electrons. The van der Waals surface area contributed by atoms with Gasteiger partial charge in [0.1, 0.15) is 5.69 Å². The van der Waals surface area contributed by atoms with Crippen molar-refractivity contribution >= 4 is 29.0 Å².